The third-order valence-electron chi connectivity index (χ3n) is 5.40. The number of aliphatic hydroxyl groups excluding tert-OH is 1. The molecule has 3 aromatic carbocycles. The zero-order chi connectivity index (χ0) is 25.9. The molecule has 3 aromatic rings. The first-order valence-electron chi connectivity index (χ1n) is 10.3. The first-order valence-corrected chi connectivity index (χ1v) is 12.2. The van der Waals surface area contributed by atoms with Gasteiger partial charge in [0.1, 0.15) is 16.5 Å². The van der Waals surface area contributed by atoms with E-state index in [9.17, 15) is 32.2 Å². The van der Waals surface area contributed by atoms with Crippen molar-refractivity contribution in [2.45, 2.75) is 24.2 Å². The number of carbonyl (C=O) groups is 1. The average molecular weight is 526 g/mol. The van der Waals surface area contributed by atoms with Crippen LogP contribution in [0.2, 0.25) is 5.02 Å². The van der Waals surface area contributed by atoms with Crippen LogP contribution in [0.25, 0.3) is 11.1 Å². The molecule has 0 aliphatic heterocycles. The standard InChI is InChI=1S/C24H22ClF2NO6S/c1-13(7-8-29)15-5-3-4-6-16(15)17-11-21(20(27)12-19(17)26)28-35(32,33)22-10-14(24(30)31)9-18(25)23(22)34-2/h3-6,9-13,28-29H,7-8H2,1-2H3,(H,30,31). The number of carboxylic acids is 1. The van der Waals surface area contributed by atoms with Crippen LogP contribution in [0.3, 0.4) is 0 Å². The minimum Gasteiger partial charge on any atom is -0.494 e. The number of halogens is 3. The number of aliphatic hydroxyl groups is 1. The Morgan fingerprint density at radius 1 is 1.11 bits per heavy atom. The fraction of sp³-hybridized carbons (Fsp3) is 0.208. The van der Waals surface area contributed by atoms with Crippen LogP contribution in [-0.4, -0.2) is 38.3 Å². The van der Waals surface area contributed by atoms with Crippen molar-refractivity contribution in [3.05, 3.63) is 76.3 Å². The summed E-state index contributed by atoms with van der Waals surface area (Å²) >= 11 is 6.00. The Morgan fingerprint density at radius 2 is 1.80 bits per heavy atom. The van der Waals surface area contributed by atoms with Gasteiger partial charge < -0.3 is 14.9 Å². The van der Waals surface area contributed by atoms with Gasteiger partial charge in [0, 0.05) is 18.2 Å². The minimum absolute atomic E-state index is 0.0613. The molecule has 1 atom stereocenters. The molecule has 0 amide bonds. The van der Waals surface area contributed by atoms with Gasteiger partial charge in [0.2, 0.25) is 0 Å². The number of ether oxygens (including phenoxy) is 1. The Morgan fingerprint density at radius 3 is 2.43 bits per heavy atom. The summed E-state index contributed by atoms with van der Waals surface area (Å²) in [5.41, 5.74) is 0.0327. The number of rotatable bonds is 9. The second kappa shape index (κ2) is 10.6. The highest BCUT2D eigenvalue weighted by Gasteiger charge is 2.26. The normalized spacial score (nSPS) is 12.3. The molecule has 3 N–H and O–H groups in total. The van der Waals surface area contributed by atoms with E-state index in [-0.39, 0.29) is 28.9 Å². The van der Waals surface area contributed by atoms with Gasteiger partial charge >= 0.3 is 5.97 Å². The summed E-state index contributed by atoms with van der Waals surface area (Å²) in [6, 6.07) is 10.2. The van der Waals surface area contributed by atoms with Crippen LogP contribution < -0.4 is 9.46 Å². The lowest BCUT2D eigenvalue weighted by atomic mass is 9.89. The van der Waals surface area contributed by atoms with Gasteiger partial charge in [-0.05, 0) is 41.7 Å². The van der Waals surface area contributed by atoms with Crippen LogP contribution in [0.1, 0.15) is 35.2 Å². The molecule has 0 aliphatic carbocycles. The van der Waals surface area contributed by atoms with E-state index in [0.717, 1.165) is 25.3 Å². The van der Waals surface area contributed by atoms with Crippen molar-refractivity contribution < 1.29 is 36.9 Å². The monoisotopic (exact) mass is 525 g/mol. The Kier molecular flexibility index (Phi) is 7.99. The molecule has 0 aliphatic rings. The Hall–Kier alpha value is -3.21. The van der Waals surface area contributed by atoms with E-state index in [4.69, 9.17) is 16.3 Å². The lowest BCUT2D eigenvalue weighted by Gasteiger charge is -2.18. The molecule has 7 nitrogen and oxygen atoms in total. The van der Waals surface area contributed by atoms with Crippen LogP contribution in [0.4, 0.5) is 14.5 Å². The van der Waals surface area contributed by atoms with Gasteiger partial charge in [0.05, 0.1) is 23.4 Å². The fourth-order valence-corrected chi connectivity index (χ4v) is 5.27. The van der Waals surface area contributed by atoms with Gasteiger partial charge in [0.15, 0.2) is 5.75 Å². The summed E-state index contributed by atoms with van der Waals surface area (Å²) in [5.74, 6) is -4.03. The van der Waals surface area contributed by atoms with E-state index in [2.05, 4.69) is 0 Å². The summed E-state index contributed by atoms with van der Waals surface area (Å²) in [5, 5.41) is 18.3. The molecule has 0 aromatic heterocycles. The Balaban J connectivity index is 2.13. The van der Waals surface area contributed by atoms with Gasteiger partial charge in [-0.2, -0.15) is 0 Å². The van der Waals surface area contributed by atoms with Crippen molar-refractivity contribution in [2.75, 3.05) is 18.4 Å². The summed E-state index contributed by atoms with van der Waals surface area (Å²) in [4.78, 5) is 10.8. The molecule has 0 fully saturated rings. The van der Waals surface area contributed by atoms with Crippen molar-refractivity contribution in [2.24, 2.45) is 0 Å². The van der Waals surface area contributed by atoms with Crippen LogP contribution in [0.15, 0.2) is 53.4 Å². The molecule has 0 radical (unpaired) electrons. The number of methoxy groups -OCH3 is 1. The topological polar surface area (TPSA) is 113 Å². The van der Waals surface area contributed by atoms with E-state index >= 15 is 0 Å². The quantitative estimate of drug-likeness (QED) is 0.350. The molecular weight excluding hydrogens is 504 g/mol. The zero-order valence-corrected chi connectivity index (χ0v) is 20.3. The molecule has 3 rings (SSSR count). The van der Waals surface area contributed by atoms with E-state index in [1.165, 1.54) is 0 Å². The maximum Gasteiger partial charge on any atom is 0.335 e. The zero-order valence-electron chi connectivity index (χ0n) is 18.7. The molecule has 35 heavy (non-hydrogen) atoms. The number of hydrogen-bond donors (Lipinski definition) is 3. The van der Waals surface area contributed by atoms with Crippen LogP contribution in [-0.2, 0) is 10.0 Å². The summed E-state index contributed by atoms with van der Waals surface area (Å²) < 4.78 is 62.8. The van der Waals surface area contributed by atoms with Gasteiger partial charge in [-0.3, -0.25) is 4.72 Å². The van der Waals surface area contributed by atoms with Crippen LogP contribution in [0.5, 0.6) is 5.75 Å². The summed E-state index contributed by atoms with van der Waals surface area (Å²) in [7, 11) is -3.48. The van der Waals surface area contributed by atoms with Crippen molar-refractivity contribution in [1.82, 2.24) is 0 Å². The third-order valence-corrected chi connectivity index (χ3v) is 7.05. The highest BCUT2D eigenvalue weighted by molar-refractivity contribution is 7.92. The minimum atomic E-state index is -4.62. The highest BCUT2D eigenvalue weighted by atomic mass is 35.5. The second-order valence-electron chi connectivity index (χ2n) is 7.71. The van der Waals surface area contributed by atoms with Crippen LogP contribution in [0, 0.1) is 11.6 Å². The molecule has 0 spiro atoms. The first-order chi connectivity index (χ1) is 16.5. The molecule has 0 saturated carbocycles. The van der Waals surface area contributed by atoms with E-state index in [1.807, 2.05) is 11.6 Å². The molecule has 0 saturated heterocycles. The van der Waals surface area contributed by atoms with Crippen molar-refractivity contribution in [3.63, 3.8) is 0 Å². The fourth-order valence-electron chi connectivity index (χ4n) is 3.64. The lowest BCUT2D eigenvalue weighted by molar-refractivity contribution is 0.0696. The Bertz CT molecular complexity index is 1380. The van der Waals surface area contributed by atoms with Gasteiger partial charge in [-0.25, -0.2) is 22.0 Å². The molecule has 0 bridgehead atoms. The smallest absolute Gasteiger partial charge is 0.335 e. The predicted octanol–water partition coefficient (Wildman–Crippen LogP) is 5.28. The van der Waals surface area contributed by atoms with Gasteiger partial charge in [-0.15, -0.1) is 0 Å². The lowest BCUT2D eigenvalue weighted by Crippen LogP contribution is -2.16. The highest BCUT2D eigenvalue weighted by Crippen LogP contribution is 2.37. The van der Waals surface area contributed by atoms with Crippen molar-refractivity contribution in [1.29, 1.82) is 0 Å². The number of hydrogen-bond acceptors (Lipinski definition) is 5. The summed E-state index contributed by atoms with van der Waals surface area (Å²) in [6.45, 7) is 1.75. The number of benzene rings is 3. The number of carboxylic acid groups (broad SMARTS) is 1. The Labute approximate surface area is 206 Å². The number of anilines is 1. The molecule has 1 unspecified atom stereocenters. The van der Waals surface area contributed by atoms with E-state index in [1.54, 1.807) is 24.3 Å². The molecular formula is C24H22ClF2NO6S. The summed E-state index contributed by atoms with van der Waals surface area (Å²) in [6.07, 6.45) is 0.403. The van der Waals surface area contributed by atoms with Crippen molar-refractivity contribution >= 4 is 33.3 Å². The predicted molar refractivity (Wildman–Crippen MR) is 128 cm³/mol. The van der Waals surface area contributed by atoms with Gasteiger partial charge in [-0.1, -0.05) is 42.8 Å². The second-order valence-corrected chi connectivity index (χ2v) is 9.77. The van der Waals surface area contributed by atoms with Crippen molar-refractivity contribution in [3.8, 4) is 16.9 Å². The van der Waals surface area contributed by atoms with Crippen LogP contribution >= 0.6 is 11.6 Å². The maximum atomic E-state index is 14.8. The van der Waals surface area contributed by atoms with E-state index in [0.29, 0.717) is 23.6 Å². The molecule has 0 heterocycles. The average Bonchev–Trinajstić information content (AvgIpc) is 2.80. The van der Waals surface area contributed by atoms with Gasteiger partial charge in [0.25, 0.3) is 10.0 Å². The number of aromatic carboxylic acids is 1. The van der Waals surface area contributed by atoms with E-state index < -0.39 is 43.8 Å². The largest absolute Gasteiger partial charge is 0.494 e. The third kappa shape index (κ3) is 5.55. The molecule has 186 valence electrons. The number of nitrogens with one attached hydrogen (secondary N) is 1. The molecule has 11 heteroatoms. The maximum absolute atomic E-state index is 14.8. The first kappa shape index (κ1) is 26.4. The number of sulfonamides is 1. The SMILES string of the molecule is COc1c(Cl)cc(C(=O)O)cc1S(=O)(=O)Nc1cc(-c2ccccc2C(C)CCO)c(F)cc1F.